The summed E-state index contributed by atoms with van der Waals surface area (Å²) >= 11 is 0. The fraction of sp³-hybridized carbons (Fsp3) is 0.706. The lowest BCUT2D eigenvalue weighted by molar-refractivity contribution is 0.148. The van der Waals surface area contributed by atoms with E-state index >= 15 is 0 Å². The molecule has 3 heteroatoms. The lowest BCUT2D eigenvalue weighted by Crippen LogP contribution is -2.43. The third-order valence-electron chi connectivity index (χ3n) is 4.21. The Balaban J connectivity index is 2.18. The van der Waals surface area contributed by atoms with Crippen LogP contribution in [0.2, 0.25) is 0 Å². The van der Waals surface area contributed by atoms with E-state index in [1.54, 1.807) is 0 Å². The van der Waals surface area contributed by atoms with Gasteiger partial charge in [-0.25, -0.2) is 0 Å². The summed E-state index contributed by atoms with van der Waals surface area (Å²) in [5, 5.41) is 0. The Morgan fingerprint density at radius 2 is 2.10 bits per heavy atom. The molecule has 0 radical (unpaired) electrons. The molecule has 2 unspecified atom stereocenters. The number of aromatic nitrogens is 1. The summed E-state index contributed by atoms with van der Waals surface area (Å²) in [5.74, 6) is 0.735. The molecule has 2 atom stereocenters. The number of nitrogens with zero attached hydrogens (tertiary/aromatic N) is 2. The van der Waals surface area contributed by atoms with E-state index < -0.39 is 0 Å². The van der Waals surface area contributed by atoms with Crippen LogP contribution in [0.15, 0.2) is 24.4 Å². The highest BCUT2D eigenvalue weighted by Gasteiger charge is 2.37. The van der Waals surface area contributed by atoms with Crippen molar-refractivity contribution in [2.45, 2.75) is 64.6 Å². The minimum atomic E-state index is 0.165. The number of nitrogens with two attached hydrogens (primary N) is 1. The highest BCUT2D eigenvalue weighted by Crippen LogP contribution is 2.36. The van der Waals surface area contributed by atoms with Crippen LogP contribution < -0.4 is 5.73 Å². The van der Waals surface area contributed by atoms with Crippen molar-refractivity contribution in [1.82, 2.24) is 9.88 Å². The van der Waals surface area contributed by atoms with E-state index in [2.05, 4.69) is 42.8 Å². The van der Waals surface area contributed by atoms with Gasteiger partial charge in [0.15, 0.2) is 0 Å². The maximum absolute atomic E-state index is 6.44. The summed E-state index contributed by atoms with van der Waals surface area (Å²) in [6.07, 6.45) is 6.75. The Bertz CT molecular complexity index is 386. The highest BCUT2D eigenvalue weighted by molar-refractivity contribution is 5.13. The number of pyridine rings is 1. The first-order valence-corrected chi connectivity index (χ1v) is 8.05. The summed E-state index contributed by atoms with van der Waals surface area (Å²) in [6, 6.07) is 7.34. The smallest absolute Gasteiger partial charge is 0.0675 e. The molecule has 2 rings (SSSR count). The zero-order chi connectivity index (χ0) is 14.5. The van der Waals surface area contributed by atoms with Gasteiger partial charge in [0.05, 0.1) is 11.7 Å². The zero-order valence-corrected chi connectivity index (χ0v) is 13.1. The van der Waals surface area contributed by atoms with Gasteiger partial charge in [0.25, 0.3) is 0 Å². The van der Waals surface area contributed by atoms with E-state index in [0.29, 0.717) is 0 Å². The van der Waals surface area contributed by atoms with E-state index in [1.807, 2.05) is 12.3 Å². The molecular formula is C17H29N3. The van der Waals surface area contributed by atoms with Gasteiger partial charge in [0.2, 0.25) is 0 Å². The molecule has 0 spiro atoms. The van der Waals surface area contributed by atoms with Crippen molar-refractivity contribution in [2.75, 3.05) is 6.54 Å². The molecule has 2 N–H and O–H groups in total. The molecular weight excluding hydrogens is 246 g/mol. The van der Waals surface area contributed by atoms with Gasteiger partial charge in [0, 0.05) is 18.3 Å². The molecule has 0 bridgehead atoms. The summed E-state index contributed by atoms with van der Waals surface area (Å²) in [5.41, 5.74) is 7.58. The van der Waals surface area contributed by atoms with Gasteiger partial charge in [-0.2, -0.15) is 0 Å². The van der Waals surface area contributed by atoms with Crippen LogP contribution in [0, 0.1) is 5.92 Å². The Kier molecular flexibility index (Phi) is 5.55. The molecule has 1 aromatic heterocycles. The van der Waals surface area contributed by atoms with Crippen LogP contribution in [0.4, 0.5) is 0 Å². The Hall–Kier alpha value is -0.930. The maximum Gasteiger partial charge on any atom is 0.0675 e. The first kappa shape index (κ1) is 15.5. The highest BCUT2D eigenvalue weighted by atomic mass is 15.2. The van der Waals surface area contributed by atoms with E-state index in [0.717, 1.165) is 30.6 Å². The molecule has 1 aliphatic carbocycles. The summed E-state index contributed by atoms with van der Waals surface area (Å²) in [7, 11) is 0. The lowest BCUT2D eigenvalue weighted by atomic mass is 9.99. The minimum Gasteiger partial charge on any atom is -0.326 e. The fourth-order valence-electron chi connectivity index (χ4n) is 2.77. The summed E-state index contributed by atoms with van der Waals surface area (Å²) < 4.78 is 0. The molecule has 1 heterocycles. The minimum absolute atomic E-state index is 0.165. The van der Waals surface area contributed by atoms with Crippen LogP contribution in [-0.4, -0.2) is 28.5 Å². The van der Waals surface area contributed by atoms with Crippen LogP contribution in [0.3, 0.4) is 0 Å². The number of hydrogen-bond acceptors (Lipinski definition) is 3. The largest absolute Gasteiger partial charge is 0.326 e. The second kappa shape index (κ2) is 7.19. The predicted molar refractivity (Wildman–Crippen MR) is 84.4 cm³/mol. The summed E-state index contributed by atoms with van der Waals surface area (Å²) in [4.78, 5) is 7.21. The molecule has 1 fully saturated rings. The van der Waals surface area contributed by atoms with Crippen molar-refractivity contribution in [1.29, 1.82) is 0 Å². The zero-order valence-electron chi connectivity index (χ0n) is 13.1. The summed E-state index contributed by atoms with van der Waals surface area (Å²) in [6.45, 7) is 7.90. The normalized spacial score (nSPS) is 18.5. The van der Waals surface area contributed by atoms with Gasteiger partial charge in [-0.1, -0.05) is 26.8 Å². The van der Waals surface area contributed by atoms with E-state index in [4.69, 9.17) is 5.73 Å². The molecule has 1 aliphatic rings. The first-order chi connectivity index (χ1) is 9.63. The quantitative estimate of drug-likeness (QED) is 0.791. The Morgan fingerprint density at radius 3 is 2.60 bits per heavy atom. The van der Waals surface area contributed by atoms with Gasteiger partial charge >= 0.3 is 0 Å². The van der Waals surface area contributed by atoms with Gasteiger partial charge in [-0.15, -0.1) is 0 Å². The van der Waals surface area contributed by atoms with E-state index in [9.17, 15) is 0 Å². The second-order valence-corrected chi connectivity index (χ2v) is 6.42. The third kappa shape index (κ3) is 4.03. The number of rotatable bonds is 8. The van der Waals surface area contributed by atoms with Crippen LogP contribution in [0.25, 0.3) is 0 Å². The van der Waals surface area contributed by atoms with Crippen LogP contribution in [0.5, 0.6) is 0 Å². The maximum atomic E-state index is 6.44. The van der Waals surface area contributed by atoms with Crippen LogP contribution in [0.1, 0.15) is 58.2 Å². The van der Waals surface area contributed by atoms with E-state index in [1.165, 1.54) is 19.3 Å². The molecule has 3 nitrogen and oxygen atoms in total. The molecule has 0 aromatic carbocycles. The van der Waals surface area contributed by atoms with E-state index in [-0.39, 0.29) is 12.1 Å². The average molecular weight is 275 g/mol. The molecule has 0 amide bonds. The van der Waals surface area contributed by atoms with Crippen molar-refractivity contribution in [2.24, 2.45) is 11.7 Å². The first-order valence-electron chi connectivity index (χ1n) is 8.05. The molecule has 0 aliphatic heterocycles. The Labute approximate surface area is 123 Å². The number of hydrogen-bond donors (Lipinski definition) is 1. The van der Waals surface area contributed by atoms with Gasteiger partial charge in [-0.3, -0.25) is 9.88 Å². The van der Waals surface area contributed by atoms with Gasteiger partial charge < -0.3 is 5.73 Å². The van der Waals surface area contributed by atoms with Crippen molar-refractivity contribution in [3.8, 4) is 0 Å². The average Bonchev–Trinajstić information content (AvgIpc) is 3.28. The second-order valence-electron chi connectivity index (χ2n) is 6.42. The molecule has 20 heavy (non-hydrogen) atoms. The SMILES string of the molecule is CCC(N)C(c1ccccn1)N(CCC(C)C)C1CC1. The van der Waals surface area contributed by atoms with Crippen LogP contribution in [-0.2, 0) is 0 Å². The fourth-order valence-corrected chi connectivity index (χ4v) is 2.77. The predicted octanol–water partition coefficient (Wildman–Crippen LogP) is 3.37. The standard InChI is InChI=1S/C17H29N3/c1-4-15(18)17(16-7-5-6-11-19-16)20(14-8-9-14)12-10-13(2)3/h5-7,11,13-15,17H,4,8-10,12,18H2,1-3H3. The lowest BCUT2D eigenvalue weighted by Gasteiger charge is -2.35. The topological polar surface area (TPSA) is 42.1 Å². The molecule has 1 saturated carbocycles. The van der Waals surface area contributed by atoms with Crippen molar-refractivity contribution in [3.63, 3.8) is 0 Å². The van der Waals surface area contributed by atoms with Gasteiger partial charge in [-0.05, 0) is 50.3 Å². The van der Waals surface area contributed by atoms with Crippen molar-refractivity contribution < 1.29 is 0 Å². The van der Waals surface area contributed by atoms with Crippen LogP contribution >= 0.6 is 0 Å². The monoisotopic (exact) mass is 275 g/mol. The molecule has 1 aromatic rings. The molecule has 112 valence electrons. The molecule has 0 saturated heterocycles. The van der Waals surface area contributed by atoms with Gasteiger partial charge in [0.1, 0.15) is 0 Å². The third-order valence-corrected chi connectivity index (χ3v) is 4.21. The Morgan fingerprint density at radius 1 is 1.35 bits per heavy atom. The van der Waals surface area contributed by atoms with Crippen molar-refractivity contribution >= 4 is 0 Å². The van der Waals surface area contributed by atoms with Crippen molar-refractivity contribution in [3.05, 3.63) is 30.1 Å².